The molecule has 100 valence electrons. The second-order valence-corrected chi connectivity index (χ2v) is 4.98. The molecule has 0 bridgehead atoms. The molecule has 0 amide bonds. The SMILES string of the molecule is CNc1cc(NCCSC)nc(-c2ccccc2)n1. The highest BCUT2D eigenvalue weighted by atomic mass is 32.2. The van der Waals surface area contributed by atoms with Crippen molar-refractivity contribution >= 4 is 23.4 Å². The molecular weight excluding hydrogens is 256 g/mol. The van der Waals surface area contributed by atoms with Crippen LogP contribution < -0.4 is 10.6 Å². The molecule has 0 unspecified atom stereocenters. The molecule has 5 heteroatoms. The van der Waals surface area contributed by atoms with Crippen LogP contribution in [0.25, 0.3) is 11.4 Å². The number of nitrogens with one attached hydrogen (secondary N) is 2. The Morgan fingerprint density at radius 1 is 1.11 bits per heavy atom. The number of benzene rings is 1. The Morgan fingerprint density at radius 3 is 2.53 bits per heavy atom. The molecule has 0 saturated carbocycles. The first-order valence-electron chi connectivity index (χ1n) is 6.18. The molecule has 0 saturated heterocycles. The minimum Gasteiger partial charge on any atom is -0.373 e. The first-order valence-corrected chi connectivity index (χ1v) is 7.58. The average molecular weight is 274 g/mol. The maximum absolute atomic E-state index is 4.55. The Hall–Kier alpha value is -1.75. The van der Waals surface area contributed by atoms with Crippen LogP contribution in [-0.4, -0.2) is 35.6 Å². The lowest BCUT2D eigenvalue weighted by Crippen LogP contribution is -2.07. The first kappa shape index (κ1) is 13.7. The lowest BCUT2D eigenvalue weighted by molar-refractivity contribution is 1.12. The van der Waals surface area contributed by atoms with Crippen LogP contribution in [0, 0.1) is 0 Å². The van der Waals surface area contributed by atoms with Crippen molar-refractivity contribution in [2.75, 3.05) is 36.2 Å². The van der Waals surface area contributed by atoms with Crippen LogP contribution in [-0.2, 0) is 0 Å². The summed E-state index contributed by atoms with van der Waals surface area (Å²) >= 11 is 1.81. The third-order valence-corrected chi connectivity index (χ3v) is 3.24. The smallest absolute Gasteiger partial charge is 0.163 e. The van der Waals surface area contributed by atoms with E-state index >= 15 is 0 Å². The zero-order valence-electron chi connectivity index (χ0n) is 11.2. The fourth-order valence-electron chi connectivity index (χ4n) is 1.66. The number of anilines is 2. The molecule has 0 aliphatic carbocycles. The molecule has 0 atom stereocenters. The van der Waals surface area contributed by atoms with Crippen LogP contribution in [0.2, 0.25) is 0 Å². The quantitative estimate of drug-likeness (QED) is 0.793. The molecule has 19 heavy (non-hydrogen) atoms. The monoisotopic (exact) mass is 274 g/mol. The van der Waals surface area contributed by atoms with Gasteiger partial charge in [0.05, 0.1) is 0 Å². The normalized spacial score (nSPS) is 10.2. The zero-order valence-corrected chi connectivity index (χ0v) is 12.0. The summed E-state index contributed by atoms with van der Waals surface area (Å²) in [7, 11) is 1.86. The molecule has 2 N–H and O–H groups in total. The molecule has 2 rings (SSSR count). The summed E-state index contributed by atoms with van der Waals surface area (Å²) in [4.78, 5) is 9.03. The number of thioether (sulfide) groups is 1. The van der Waals surface area contributed by atoms with Gasteiger partial charge < -0.3 is 10.6 Å². The highest BCUT2D eigenvalue weighted by molar-refractivity contribution is 7.98. The number of hydrogen-bond donors (Lipinski definition) is 2. The lowest BCUT2D eigenvalue weighted by atomic mass is 10.2. The first-order chi connectivity index (χ1) is 9.33. The third-order valence-electron chi connectivity index (χ3n) is 2.63. The van der Waals surface area contributed by atoms with Crippen molar-refractivity contribution in [3.63, 3.8) is 0 Å². The van der Waals surface area contributed by atoms with Gasteiger partial charge in [-0.1, -0.05) is 30.3 Å². The van der Waals surface area contributed by atoms with E-state index in [-0.39, 0.29) is 0 Å². The fraction of sp³-hybridized carbons (Fsp3) is 0.286. The predicted octanol–water partition coefficient (Wildman–Crippen LogP) is 2.96. The number of nitrogens with zero attached hydrogens (tertiary/aromatic N) is 2. The van der Waals surface area contributed by atoms with Crippen LogP contribution in [0.3, 0.4) is 0 Å². The Morgan fingerprint density at radius 2 is 1.84 bits per heavy atom. The summed E-state index contributed by atoms with van der Waals surface area (Å²) in [5, 5.41) is 6.39. The van der Waals surface area contributed by atoms with E-state index in [0.717, 1.165) is 35.3 Å². The van der Waals surface area contributed by atoms with E-state index in [1.807, 2.05) is 55.2 Å². The van der Waals surface area contributed by atoms with Gasteiger partial charge in [-0.2, -0.15) is 11.8 Å². The van der Waals surface area contributed by atoms with Crippen LogP contribution >= 0.6 is 11.8 Å². The van der Waals surface area contributed by atoms with Gasteiger partial charge in [0, 0.05) is 31.0 Å². The highest BCUT2D eigenvalue weighted by Gasteiger charge is 2.05. The number of hydrogen-bond acceptors (Lipinski definition) is 5. The third kappa shape index (κ3) is 3.86. The largest absolute Gasteiger partial charge is 0.373 e. The van der Waals surface area contributed by atoms with Crippen LogP contribution in [0.5, 0.6) is 0 Å². The topological polar surface area (TPSA) is 49.8 Å². The second-order valence-electron chi connectivity index (χ2n) is 4.00. The van der Waals surface area contributed by atoms with Crippen molar-refractivity contribution in [1.82, 2.24) is 9.97 Å². The molecule has 1 aromatic carbocycles. The predicted molar refractivity (Wildman–Crippen MR) is 83.9 cm³/mol. The Kier molecular flexibility index (Phi) is 5.03. The van der Waals surface area contributed by atoms with Gasteiger partial charge in [0.1, 0.15) is 11.6 Å². The molecule has 1 aromatic heterocycles. The zero-order chi connectivity index (χ0) is 13.5. The number of aromatic nitrogens is 2. The summed E-state index contributed by atoms with van der Waals surface area (Å²) in [6.07, 6.45) is 2.09. The summed E-state index contributed by atoms with van der Waals surface area (Å²) in [5.74, 6) is 3.46. The van der Waals surface area contributed by atoms with Crippen LogP contribution in [0.4, 0.5) is 11.6 Å². The molecule has 0 radical (unpaired) electrons. The molecule has 1 heterocycles. The lowest BCUT2D eigenvalue weighted by Gasteiger charge is -2.09. The Balaban J connectivity index is 2.26. The van der Waals surface area contributed by atoms with E-state index < -0.39 is 0 Å². The summed E-state index contributed by atoms with van der Waals surface area (Å²) < 4.78 is 0. The molecule has 0 spiro atoms. The minimum absolute atomic E-state index is 0.735. The molecule has 0 aliphatic heterocycles. The average Bonchev–Trinajstić information content (AvgIpc) is 2.48. The van der Waals surface area contributed by atoms with Crippen molar-refractivity contribution in [2.24, 2.45) is 0 Å². The van der Waals surface area contributed by atoms with Gasteiger partial charge in [0.2, 0.25) is 0 Å². The molecule has 4 nitrogen and oxygen atoms in total. The van der Waals surface area contributed by atoms with Crippen molar-refractivity contribution in [1.29, 1.82) is 0 Å². The van der Waals surface area contributed by atoms with Gasteiger partial charge in [0.15, 0.2) is 5.82 Å². The fourth-order valence-corrected chi connectivity index (χ4v) is 1.97. The van der Waals surface area contributed by atoms with Gasteiger partial charge in [-0.15, -0.1) is 0 Å². The van der Waals surface area contributed by atoms with E-state index in [1.165, 1.54) is 0 Å². The molecule has 2 aromatic rings. The van der Waals surface area contributed by atoms with Crippen molar-refractivity contribution in [2.45, 2.75) is 0 Å². The van der Waals surface area contributed by atoms with E-state index in [2.05, 4.69) is 26.9 Å². The van der Waals surface area contributed by atoms with E-state index in [0.29, 0.717) is 0 Å². The van der Waals surface area contributed by atoms with Gasteiger partial charge in [-0.05, 0) is 6.26 Å². The Labute approximate surface area is 118 Å². The van der Waals surface area contributed by atoms with E-state index in [1.54, 1.807) is 0 Å². The summed E-state index contributed by atoms with van der Waals surface area (Å²) in [6.45, 7) is 0.898. The van der Waals surface area contributed by atoms with Gasteiger partial charge in [-0.3, -0.25) is 0 Å². The molecule has 0 aliphatic rings. The number of rotatable bonds is 6. The Bertz CT molecular complexity index is 516. The molecule has 0 fully saturated rings. The maximum atomic E-state index is 4.55. The summed E-state index contributed by atoms with van der Waals surface area (Å²) in [5.41, 5.74) is 1.02. The van der Waals surface area contributed by atoms with E-state index in [9.17, 15) is 0 Å². The molecular formula is C14H18N4S. The van der Waals surface area contributed by atoms with Crippen molar-refractivity contribution in [3.05, 3.63) is 36.4 Å². The maximum Gasteiger partial charge on any atom is 0.163 e. The summed E-state index contributed by atoms with van der Waals surface area (Å²) in [6, 6.07) is 11.9. The van der Waals surface area contributed by atoms with E-state index in [4.69, 9.17) is 0 Å². The van der Waals surface area contributed by atoms with Gasteiger partial charge in [-0.25, -0.2) is 9.97 Å². The van der Waals surface area contributed by atoms with Crippen LogP contribution in [0.15, 0.2) is 36.4 Å². The van der Waals surface area contributed by atoms with Crippen molar-refractivity contribution in [3.8, 4) is 11.4 Å². The van der Waals surface area contributed by atoms with Gasteiger partial charge >= 0.3 is 0 Å². The van der Waals surface area contributed by atoms with Crippen molar-refractivity contribution < 1.29 is 0 Å². The second kappa shape index (κ2) is 6.99. The van der Waals surface area contributed by atoms with Gasteiger partial charge in [0.25, 0.3) is 0 Å². The van der Waals surface area contributed by atoms with Crippen LogP contribution in [0.1, 0.15) is 0 Å². The minimum atomic E-state index is 0.735. The standard InChI is InChI=1S/C14H18N4S/c1-15-12-10-13(16-8-9-19-2)18-14(17-12)11-6-4-3-5-7-11/h3-7,10H,8-9H2,1-2H3,(H2,15,16,17,18). The highest BCUT2D eigenvalue weighted by Crippen LogP contribution is 2.19.